The number of rotatable bonds is 6. The molecule has 0 aliphatic carbocycles. The van der Waals surface area contributed by atoms with E-state index < -0.39 is 21.8 Å². The van der Waals surface area contributed by atoms with Crippen LogP contribution in [0.5, 0.6) is 0 Å². The maximum Gasteiger partial charge on any atom is 0.0774 e. The zero-order valence-corrected chi connectivity index (χ0v) is 34.0. The van der Waals surface area contributed by atoms with E-state index in [2.05, 4.69) is 157 Å². The van der Waals surface area contributed by atoms with Gasteiger partial charge in [0.15, 0.2) is 0 Å². The summed E-state index contributed by atoms with van der Waals surface area (Å²) in [4.78, 5) is 9.30. The van der Waals surface area contributed by atoms with Crippen molar-refractivity contribution in [1.29, 1.82) is 0 Å². The van der Waals surface area contributed by atoms with Crippen LogP contribution in [-0.2, 0) is 20.1 Å². The predicted octanol–water partition coefficient (Wildman–Crippen LogP) is 12.3. The first kappa shape index (κ1) is 30.6. The molecule has 0 amide bonds. The molecule has 0 N–H and O–H groups in total. The quantitative estimate of drug-likeness (QED) is 0.123. The number of hydrogen-bond acceptors (Lipinski definition) is 3. The number of furan rings is 1. The van der Waals surface area contributed by atoms with Crippen LogP contribution in [0.1, 0.15) is 19.4 Å². The summed E-state index contributed by atoms with van der Waals surface area (Å²) in [5, 5.41) is 2.43. The van der Waals surface area contributed by atoms with Gasteiger partial charge in [0.25, 0.3) is 0 Å². The maximum absolute atomic E-state index is 7.28. The number of pyridine rings is 1. The molecule has 0 spiro atoms. The number of imidazole rings is 1. The summed E-state index contributed by atoms with van der Waals surface area (Å²) in [6.45, 7) is 2.77. The van der Waals surface area contributed by atoms with Crippen LogP contribution in [0.4, 0.5) is 0 Å². The summed E-state index contributed by atoms with van der Waals surface area (Å²) in [6, 6.07) is 53.1. The van der Waals surface area contributed by atoms with Crippen LogP contribution in [0.3, 0.4) is 0 Å². The summed E-state index contributed by atoms with van der Waals surface area (Å²) in [5.41, 5.74) is 10.9. The van der Waals surface area contributed by atoms with Gasteiger partial charge in [-0.15, -0.1) is 41.5 Å². The first-order chi connectivity index (χ1) is 28.7. The summed E-state index contributed by atoms with van der Waals surface area (Å²) in [5.74, 6) is 0.827. The van der Waals surface area contributed by atoms with Crippen LogP contribution in [0, 0.1) is 26.0 Å². The van der Waals surface area contributed by atoms with E-state index in [0.29, 0.717) is 11.3 Å². The molecule has 3 heterocycles. The van der Waals surface area contributed by atoms with Crippen LogP contribution in [0.15, 0.2) is 162 Å². The monoisotopic (exact) mass is 914 g/mol. The van der Waals surface area contributed by atoms with E-state index in [9.17, 15) is 0 Å². The molecule has 0 aliphatic rings. The van der Waals surface area contributed by atoms with Crippen molar-refractivity contribution in [2.45, 2.75) is 33.3 Å². The second kappa shape index (κ2) is 16.0. The van der Waals surface area contributed by atoms with Gasteiger partial charge in [0.1, 0.15) is 0 Å². The Morgan fingerprint density at radius 3 is 1.98 bits per heavy atom. The Bertz CT molecular complexity index is 2810. The zero-order valence-electron chi connectivity index (χ0n) is 36.6. The summed E-state index contributed by atoms with van der Waals surface area (Å²) < 4.78 is 52.0. The number of fused-ring (bicyclic) bond motifs is 2. The van der Waals surface area contributed by atoms with Crippen molar-refractivity contribution in [3.63, 3.8) is 0 Å². The van der Waals surface area contributed by atoms with Gasteiger partial charge >= 0.3 is 0 Å². The van der Waals surface area contributed by atoms with Crippen LogP contribution in [-0.4, -0.2) is 22.6 Å². The topological polar surface area (TPSA) is 43.9 Å². The van der Waals surface area contributed by atoms with Gasteiger partial charge in [-0.05, 0) is 41.4 Å². The fourth-order valence-corrected chi connectivity index (χ4v) is 7.81. The number of aryl methyl sites for hydroxylation is 2. The van der Waals surface area contributed by atoms with Gasteiger partial charge in [-0.2, -0.15) is 0 Å². The smallest absolute Gasteiger partial charge is 0.0774 e. The molecule has 6 aromatic carbocycles. The van der Waals surface area contributed by atoms with E-state index in [1.807, 2.05) is 6.07 Å². The number of hydrogen-bond donors (Lipinski definition) is 0. The Kier molecular flexibility index (Phi) is 8.91. The molecule has 55 heavy (non-hydrogen) atoms. The average molecular weight is 914 g/mol. The number of benzene rings is 6. The van der Waals surface area contributed by atoms with Gasteiger partial charge < -0.3 is 14.0 Å². The molecular weight excluding hydrogens is 867 g/mol. The number of para-hydroxylation sites is 3. The summed E-state index contributed by atoms with van der Waals surface area (Å²) in [6.07, 6.45) is 4.55. The van der Waals surface area contributed by atoms with Gasteiger partial charge in [0.2, 0.25) is 0 Å². The van der Waals surface area contributed by atoms with Crippen molar-refractivity contribution in [1.82, 2.24) is 14.5 Å². The third kappa shape index (κ3) is 7.81. The first-order valence-corrected chi connectivity index (χ1v) is 21.3. The molecule has 1 radical (unpaired) electrons. The van der Waals surface area contributed by atoms with Gasteiger partial charge in [0, 0.05) is 57.5 Å². The predicted molar refractivity (Wildman–Crippen MR) is 227 cm³/mol. The van der Waals surface area contributed by atoms with Crippen LogP contribution in [0.2, 0.25) is 19.6 Å². The molecular formula is C49H41IrN3OSi-2. The Hall–Kier alpha value is -5.65. The Balaban J connectivity index is 0.000000226. The van der Waals surface area contributed by atoms with E-state index >= 15 is 0 Å². The summed E-state index contributed by atoms with van der Waals surface area (Å²) in [7, 11) is -1.55. The zero-order chi connectivity index (χ0) is 42.2. The molecule has 0 bridgehead atoms. The van der Waals surface area contributed by atoms with E-state index in [-0.39, 0.29) is 31.2 Å². The second-order valence-corrected chi connectivity index (χ2v) is 19.2. The van der Waals surface area contributed by atoms with E-state index in [1.165, 1.54) is 29.6 Å². The SMILES string of the molecule is C[Si](C)(C)c1ccc2o[c-]c(-c3nc4ccccc4n3-c3c(-c4ccccc4)cccc3-c3ccccc3)c2c1.[2H]C([2H])([2H])c1c[c-]c(-c2ccc(C([2H])([2H])[2H])cn2)cc1.[Ir]. The van der Waals surface area contributed by atoms with E-state index in [1.54, 1.807) is 12.1 Å². The van der Waals surface area contributed by atoms with Crippen LogP contribution < -0.4 is 5.19 Å². The average Bonchev–Trinajstić information content (AvgIpc) is 3.85. The first-order valence-electron chi connectivity index (χ1n) is 20.8. The fourth-order valence-electron chi connectivity index (χ4n) is 6.65. The number of nitrogens with zero attached hydrogens (tertiary/aromatic N) is 3. The fraction of sp³-hybridized carbons (Fsp3) is 0.102. The van der Waals surface area contributed by atoms with Crippen molar-refractivity contribution >= 4 is 35.3 Å². The van der Waals surface area contributed by atoms with Gasteiger partial charge in [-0.25, -0.2) is 0 Å². The summed E-state index contributed by atoms with van der Waals surface area (Å²) >= 11 is 0. The molecule has 0 saturated heterocycles. The van der Waals surface area contributed by atoms with Crippen LogP contribution in [0.25, 0.3) is 72.6 Å². The van der Waals surface area contributed by atoms with Crippen molar-refractivity contribution < 1.29 is 32.7 Å². The Morgan fingerprint density at radius 1 is 0.691 bits per heavy atom. The molecule has 6 heteroatoms. The molecule has 3 aromatic heterocycles. The molecule has 0 aliphatic heterocycles. The molecule has 0 unspecified atom stereocenters. The standard InChI is InChI=1S/C36H29N2OSi.C13H12N.Ir/c1-40(2,3)27-21-22-34-30(23-27)31(24-39-34)36-37-32-19-10-11-20-33(32)38(36)35-28(25-13-6-4-7-14-25)17-12-18-29(35)26-15-8-5-9-16-26;1-10-3-6-12(7-4-10)13-8-5-11(2)9-14-13;/h4-23H,1-3H3;3-6,8-9H,1-2H3;/q2*-1;/i;1D3,2D3;. The minimum atomic E-state index is -2.18. The molecule has 0 fully saturated rings. The molecule has 0 saturated carbocycles. The van der Waals surface area contributed by atoms with Gasteiger partial charge in [-0.3, -0.25) is 4.98 Å². The molecule has 9 rings (SSSR count). The van der Waals surface area contributed by atoms with Crippen LogP contribution >= 0.6 is 0 Å². The third-order valence-corrected chi connectivity index (χ3v) is 11.5. The largest absolute Gasteiger partial charge is 0.557 e. The molecule has 0 atom stereocenters. The van der Waals surface area contributed by atoms with Crippen molar-refractivity contribution in [2.24, 2.45) is 0 Å². The van der Waals surface area contributed by atoms with Crippen molar-refractivity contribution in [3.05, 3.63) is 181 Å². The number of aromatic nitrogens is 3. The molecule has 9 aromatic rings. The van der Waals surface area contributed by atoms with E-state index in [0.717, 1.165) is 61.3 Å². The van der Waals surface area contributed by atoms with E-state index in [4.69, 9.17) is 17.6 Å². The van der Waals surface area contributed by atoms with Crippen molar-refractivity contribution in [3.8, 4) is 50.6 Å². The maximum atomic E-state index is 7.28. The molecule has 273 valence electrons. The van der Waals surface area contributed by atoms with Gasteiger partial charge in [-0.1, -0.05) is 158 Å². The second-order valence-electron chi connectivity index (χ2n) is 14.2. The minimum Gasteiger partial charge on any atom is -0.557 e. The Morgan fingerprint density at radius 2 is 1.36 bits per heavy atom. The normalized spacial score (nSPS) is 13.3. The third-order valence-electron chi connectivity index (χ3n) is 9.44. The molecule has 4 nitrogen and oxygen atoms in total. The van der Waals surface area contributed by atoms with Gasteiger partial charge in [0.05, 0.1) is 30.6 Å². The van der Waals surface area contributed by atoms with Crippen molar-refractivity contribution in [2.75, 3.05) is 0 Å². The Labute approximate surface area is 346 Å². The minimum absolute atomic E-state index is 0.